The number of carboxylic acid groups (broad SMARTS) is 1. The van der Waals surface area contributed by atoms with Crippen LogP contribution in [-0.4, -0.2) is 33.6 Å². The first kappa shape index (κ1) is 13.5. The van der Waals surface area contributed by atoms with Crippen LogP contribution in [0.15, 0.2) is 46.3 Å². The molecule has 5 heteroatoms. The molecule has 2 heterocycles. The number of allylic oxidation sites excluding steroid dienone is 4. The summed E-state index contributed by atoms with van der Waals surface area (Å²) in [5.74, 6) is -1.20. The third-order valence-electron chi connectivity index (χ3n) is 4.12. The van der Waals surface area contributed by atoms with Crippen LogP contribution in [-0.2, 0) is 9.59 Å². The van der Waals surface area contributed by atoms with Crippen molar-refractivity contribution in [3.05, 3.63) is 46.3 Å². The molecule has 2 aliphatic heterocycles. The van der Waals surface area contributed by atoms with Gasteiger partial charge in [-0.3, -0.25) is 14.5 Å². The molecule has 0 fully saturated rings. The number of carbonyl (C=O) groups excluding carboxylic acids is 1. The molecule has 21 heavy (non-hydrogen) atoms. The molecule has 0 saturated carbocycles. The van der Waals surface area contributed by atoms with Crippen molar-refractivity contribution in [3.8, 4) is 0 Å². The summed E-state index contributed by atoms with van der Waals surface area (Å²) >= 11 is 0. The van der Waals surface area contributed by atoms with Gasteiger partial charge in [-0.2, -0.15) is 0 Å². The minimum Gasteiger partial charge on any atom is -0.481 e. The lowest BCUT2D eigenvalue weighted by molar-refractivity contribution is -0.404. The van der Waals surface area contributed by atoms with Crippen LogP contribution in [0.5, 0.6) is 0 Å². The Labute approximate surface area is 122 Å². The van der Waals surface area contributed by atoms with Gasteiger partial charge in [0.05, 0.1) is 6.42 Å². The van der Waals surface area contributed by atoms with Gasteiger partial charge in [0.2, 0.25) is 11.4 Å². The molecule has 1 atom stereocenters. The first-order valence-electron chi connectivity index (χ1n) is 6.86. The van der Waals surface area contributed by atoms with Crippen molar-refractivity contribution in [1.82, 2.24) is 4.90 Å². The fourth-order valence-electron chi connectivity index (χ4n) is 2.91. The Bertz CT molecular complexity index is 720. The molecular formula is C16H17N2O3+. The number of carboxylic acids is 1. The third kappa shape index (κ3) is 2.05. The van der Waals surface area contributed by atoms with Crippen LogP contribution in [0.3, 0.4) is 0 Å². The van der Waals surface area contributed by atoms with E-state index in [9.17, 15) is 9.59 Å². The molecule has 0 spiro atoms. The van der Waals surface area contributed by atoms with E-state index in [1.165, 1.54) is 0 Å². The number of rotatable bonds is 2. The normalized spacial score (nSPS) is 24.0. The van der Waals surface area contributed by atoms with Crippen LogP contribution in [0.25, 0.3) is 0 Å². The van der Waals surface area contributed by atoms with Gasteiger partial charge in [-0.25, -0.2) is 4.99 Å². The zero-order valence-electron chi connectivity index (χ0n) is 12.2. The average molecular weight is 285 g/mol. The van der Waals surface area contributed by atoms with E-state index in [0.717, 1.165) is 28.3 Å². The number of fused-ring (bicyclic) bond motifs is 3. The quantitative estimate of drug-likeness (QED) is 0.765. The van der Waals surface area contributed by atoms with E-state index in [-0.39, 0.29) is 18.4 Å². The van der Waals surface area contributed by atoms with Crippen molar-refractivity contribution >= 4 is 17.6 Å². The molecule has 1 unspecified atom stereocenters. The summed E-state index contributed by atoms with van der Waals surface area (Å²) in [7, 11) is 0. The lowest BCUT2D eigenvalue weighted by Gasteiger charge is -2.30. The number of nitrogens with one attached hydrogen (secondary N) is 1. The Balaban J connectivity index is 2.07. The topological polar surface area (TPSA) is 71.6 Å². The Morgan fingerprint density at radius 2 is 2.00 bits per heavy atom. The highest BCUT2D eigenvalue weighted by atomic mass is 16.4. The predicted octanol–water partition coefficient (Wildman–Crippen LogP) is 0.271. The molecule has 3 aliphatic rings. The maximum Gasteiger partial charge on any atom is 0.308 e. The van der Waals surface area contributed by atoms with E-state index in [1.807, 2.05) is 32.9 Å². The average Bonchev–Trinajstić information content (AvgIpc) is 2.70. The molecule has 0 aromatic rings. The number of nitrogens with zero attached hydrogens (tertiary/aromatic N) is 1. The van der Waals surface area contributed by atoms with Gasteiger partial charge in [0, 0.05) is 18.6 Å². The van der Waals surface area contributed by atoms with Crippen LogP contribution >= 0.6 is 0 Å². The second-order valence-electron chi connectivity index (χ2n) is 5.63. The van der Waals surface area contributed by atoms with Gasteiger partial charge < -0.3 is 5.11 Å². The summed E-state index contributed by atoms with van der Waals surface area (Å²) in [4.78, 5) is 28.4. The molecular weight excluding hydrogens is 268 g/mol. The van der Waals surface area contributed by atoms with E-state index in [2.05, 4.69) is 4.99 Å². The highest BCUT2D eigenvalue weighted by Gasteiger charge is 2.43. The summed E-state index contributed by atoms with van der Waals surface area (Å²) in [5, 5.41) is 8.93. The van der Waals surface area contributed by atoms with E-state index in [1.54, 1.807) is 11.0 Å². The van der Waals surface area contributed by atoms with Crippen molar-refractivity contribution in [2.24, 2.45) is 0 Å². The van der Waals surface area contributed by atoms with Gasteiger partial charge in [-0.1, -0.05) is 0 Å². The molecule has 1 aliphatic carbocycles. The van der Waals surface area contributed by atoms with Crippen molar-refractivity contribution in [2.45, 2.75) is 33.2 Å². The largest absolute Gasteiger partial charge is 0.481 e. The fourth-order valence-corrected chi connectivity index (χ4v) is 2.91. The minimum absolute atomic E-state index is 0.178. The minimum atomic E-state index is -0.990. The zero-order valence-corrected chi connectivity index (χ0v) is 12.2. The van der Waals surface area contributed by atoms with Gasteiger partial charge in [-0.15, -0.1) is 0 Å². The zero-order chi connectivity index (χ0) is 15.3. The highest BCUT2D eigenvalue weighted by Crippen LogP contribution is 2.31. The summed E-state index contributed by atoms with van der Waals surface area (Å²) in [5.41, 5.74) is 5.21. The fraction of sp³-hybridized carbons (Fsp3) is 0.312. The Morgan fingerprint density at radius 1 is 1.29 bits per heavy atom. The highest BCUT2D eigenvalue weighted by molar-refractivity contribution is 6.08. The SMILES string of the molecule is CC1=CC2=[NH+]C(C)=C3C=C(CC(=O)O)C(=O)N3C2C=C1C. The molecule has 5 nitrogen and oxygen atoms in total. The van der Waals surface area contributed by atoms with Gasteiger partial charge in [0.1, 0.15) is 11.7 Å². The van der Waals surface area contributed by atoms with Crippen LogP contribution < -0.4 is 4.99 Å². The summed E-state index contributed by atoms with van der Waals surface area (Å²) in [6.07, 6.45) is 5.53. The number of hydrogen-bond acceptors (Lipinski definition) is 2. The Morgan fingerprint density at radius 3 is 2.67 bits per heavy atom. The van der Waals surface area contributed by atoms with E-state index < -0.39 is 5.97 Å². The summed E-state index contributed by atoms with van der Waals surface area (Å²) in [6.45, 7) is 5.94. The first-order chi connectivity index (χ1) is 9.88. The van der Waals surface area contributed by atoms with Crippen molar-refractivity contribution in [1.29, 1.82) is 0 Å². The maximum atomic E-state index is 12.5. The van der Waals surface area contributed by atoms with E-state index in [4.69, 9.17) is 5.11 Å². The van der Waals surface area contributed by atoms with Crippen molar-refractivity contribution in [2.75, 3.05) is 0 Å². The molecule has 108 valence electrons. The molecule has 0 radical (unpaired) electrons. The number of aliphatic carboxylic acids is 1. The number of amides is 1. The van der Waals surface area contributed by atoms with Gasteiger partial charge in [0.25, 0.3) is 5.91 Å². The molecule has 0 aromatic heterocycles. The molecule has 0 saturated heterocycles. The summed E-state index contributed by atoms with van der Waals surface area (Å²) in [6, 6.07) is -0.178. The van der Waals surface area contributed by atoms with Crippen molar-refractivity contribution < 1.29 is 19.7 Å². The predicted molar refractivity (Wildman–Crippen MR) is 77.2 cm³/mol. The standard InChI is InChI=1S/C16H16N2O3/c1-8-4-12-14(5-9(8)2)18-13(10(3)17-12)6-11(16(18)21)7-15(19)20/h4-6,14H,7H2,1-3H3,(H,19,20)/p+1. The molecule has 1 amide bonds. The molecule has 3 rings (SSSR count). The van der Waals surface area contributed by atoms with E-state index >= 15 is 0 Å². The monoisotopic (exact) mass is 285 g/mol. The van der Waals surface area contributed by atoms with Gasteiger partial charge >= 0.3 is 5.97 Å². The van der Waals surface area contributed by atoms with Crippen LogP contribution in [0.4, 0.5) is 0 Å². The van der Waals surface area contributed by atoms with Gasteiger partial charge in [-0.05, 0) is 37.1 Å². The molecule has 0 bridgehead atoms. The van der Waals surface area contributed by atoms with Gasteiger partial charge in [0.15, 0.2) is 0 Å². The lowest BCUT2D eigenvalue weighted by Crippen LogP contribution is -2.77. The number of carbonyl (C=O) groups is 2. The third-order valence-corrected chi connectivity index (χ3v) is 4.12. The van der Waals surface area contributed by atoms with Crippen LogP contribution in [0, 0.1) is 0 Å². The van der Waals surface area contributed by atoms with Crippen molar-refractivity contribution in [3.63, 3.8) is 0 Å². The second-order valence-corrected chi connectivity index (χ2v) is 5.63. The maximum absolute atomic E-state index is 12.5. The molecule has 2 N–H and O–H groups in total. The molecule has 0 aromatic carbocycles. The van der Waals surface area contributed by atoms with E-state index in [0.29, 0.717) is 5.57 Å². The lowest BCUT2D eigenvalue weighted by atomic mass is 9.93. The summed E-state index contributed by atoms with van der Waals surface area (Å²) < 4.78 is 0. The Kier molecular flexibility index (Phi) is 2.93. The Hall–Kier alpha value is -2.43. The van der Waals surface area contributed by atoms with Crippen LogP contribution in [0.2, 0.25) is 0 Å². The second kappa shape index (κ2) is 4.55. The number of hydrogen-bond donors (Lipinski definition) is 2. The first-order valence-corrected chi connectivity index (χ1v) is 6.86. The van der Waals surface area contributed by atoms with Crippen LogP contribution in [0.1, 0.15) is 27.2 Å². The smallest absolute Gasteiger partial charge is 0.308 e.